The van der Waals surface area contributed by atoms with E-state index in [0.717, 1.165) is 0 Å². The number of hydrogen-bond acceptors (Lipinski definition) is 5. The molecule has 0 radical (unpaired) electrons. The van der Waals surface area contributed by atoms with Crippen molar-refractivity contribution in [3.05, 3.63) is 36.4 Å². The van der Waals surface area contributed by atoms with Gasteiger partial charge in [0.2, 0.25) is 11.8 Å². The first kappa shape index (κ1) is 14.9. The maximum Gasteiger partial charge on any atom is 0.234 e. The lowest BCUT2D eigenvalue weighted by atomic mass is 9.77. The van der Waals surface area contributed by atoms with E-state index in [2.05, 4.69) is 5.32 Å². The van der Waals surface area contributed by atoms with Crippen molar-refractivity contribution in [2.24, 2.45) is 11.8 Å². The van der Waals surface area contributed by atoms with Gasteiger partial charge in [-0.1, -0.05) is 12.2 Å². The van der Waals surface area contributed by atoms with Crippen molar-refractivity contribution < 1.29 is 24.2 Å². The van der Waals surface area contributed by atoms with E-state index >= 15 is 0 Å². The molecular weight excluding hydrogens is 312 g/mol. The first-order valence-corrected chi connectivity index (χ1v) is 7.68. The van der Waals surface area contributed by atoms with E-state index in [1.165, 1.54) is 11.8 Å². The lowest BCUT2D eigenvalue weighted by Gasteiger charge is -2.24. The molecule has 1 N–H and O–H groups in total. The Morgan fingerprint density at radius 2 is 2.04 bits per heavy atom. The highest BCUT2D eigenvalue weighted by molar-refractivity contribution is 6.02. The van der Waals surface area contributed by atoms with E-state index < -0.39 is 29.5 Å². The molecule has 2 amide bonds. The summed E-state index contributed by atoms with van der Waals surface area (Å²) in [6, 6.07) is 6.82. The van der Waals surface area contributed by atoms with Gasteiger partial charge in [0.15, 0.2) is 0 Å². The zero-order chi connectivity index (χ0) is 17.1. The zero-order valence-corrected chi connectivity index (χ0v) is 12.9. The Hall–Kier alpha value is -2.67. The van der Waals surface area contributed by atoms with Crippen molar-refractivity contribution in [3.63, 3.8) is 0 Å². The maximum atomic E-state index is 12.8. The van der Waals surface area contributed by atoms with E-state index in [1.54, 1.807) is 36.4 Å². The van der Waals surface area contributed by atoms with Gasteiger partial charge in [-0.3, -0.25) is 9.59 Å². The van der Waals surface area contributed by atoms with Crippen LogP contribution in [0, 0.1) is 11.8 Å². The number of carbonyl (C=O) groups is 3. The molecule has 1 aromatic carbocycles. The van der Waals surface area contributed by atoms with Crippen molar-refractivity contribution in [1.29, 1.82) is 0 Å². The van der Waals surface area contributed by atoms with Gasteiger partial charge in [-0.05, 0) is 24.3 Å². The van der Waals surface area contributed by atoms with Gasteiger partial charge in [0.1, 0.15) is 5.60 Å². The fourth-order valence-electron chi connectivity index (χ4n) is 3.91. The minimum atomic E-state index is -1.26. The maximum absolute atomic E-state index is 12.8. The minimum Gasteiger partial charge on any atom is -0.550 e. The molecule has 3 heterocycles. The Morgan fingerprint density at radius 1 is 1.33 bits per heavy atom. The molecule has 24 heavy (non-hydrogen) atoms. The molecule has 0 aliphatic carbocycles. The van der Waals surface area contributed by atoms with Gasteiger partial charge in [-0.2, -0.15) is 0 Å². The van der Waals surface area contributed by atoms with Gasteiger partial charge in [0.25, 0.3) is 0 Å². The number of aliphatic carboxylic acids is 1. The van der Waals surface area contributed by atoms with E-state index in [-0.39, 0.29) is 18.4 Å². The Kier molecular flexibility index (Phi) is 3.05. The van der Waals surface area contributed by atoms with E-state index in [9.17, 15) is 19.5 Å². The number of anilines is 2. The Labute approximate surface area is 137 Å². The highest BCUT2D eigenvalue weighted by atomic mass is 16.5. The number of benzene rings is 1. The fraction of sp³-hybridized carbons (Fsp3) is 0.353. The van der Waals surface area contributed by atoms with Gasteiger partial charge in [-0.15, -0.1) is 0 Å². The van der Waals surface area contributed by atoms with Gasteiger partial charge < -0.3 is 24.9 Å². The van der Waals surface area contributed by atoms with Crippen LogP contribution < -0.4 is 15.3 Å². The second-order valence-corrected chi connectivity index (χ2v) is 6.37. The molecule has 0 saturated carbocycles. The summed E-state index contributed by atoms with van der Waals surface area (Å²) < 4.78 is 5.80. The van der Waals surface area contributed by atoms with Crippen LogP contribution >= 0.6 is 0 Å². The lowest BCUT2D eigenvalue weighted by molar-refractivity contribution is -0.313. The third-order valence-electron chi connectivity index (χ3n) is 4.87. The highest BCUT2D eigenvalue weighted by Crippen LogP contribution is 2.52. The molecule has 2 fully saturated rings. The molecule has 3 aliphatic heterocycles. The van der Waals surface area contributed by atoms with Crippen molar-refractivity contribution >= 4 is 29.2 Å². The molecule has 4 rings (SSSR count). The molecule has 4 atom stereocenters. The van der Waals surface area contributed by atoms with Crippen LogP contribution in [-0.2, 0) is 19.1 Å². The van der Waals surface area contributed by atoms with Crippen molar-refractivity contribution in [2.45, 2.75) is 18.6 Å². The molecule has 3 aliphatic rings. The highest BCUT2D eigenvalue weighted by Gasteiger charge is 2.65. The van der Waals surface area contributed by atoms with Crippen molar-refractivity contribution in [1.82, 2.24) is 0 Å². The third-order valence-corrected chi connectivity index (χ3v) is 4.87. The quantitative estimate of drug-likeness (QED) is 0.767. The molecular formula is C17H15N2O5-. The number of carboxylic acid groups (broad SMARTS) is 1. The van der Waals surface area contributed by atoms with Gasteiger partial charge in [0, 0.05) is 30.2 Å². The third kappa shape index (κ3) is 1.98. The Morgan fingerprint density at radius 3 is 2.67 bits per heavy atom. The number of carboxylic acids is 1. The number of nitrogens with one attached hydrogen (secondary N) is 1. The number of hydrogen-bond donors (Lipinski definition) is 1. The summed E-state index contributed by atoms with van der Waals surface area (Å²) >= 11 is 0. The van der Waals surface area contributed by atoms with Crippen LogP contribution in [0.5, 0.6) is 0 Å². The molecule has 1 spiro atoms. The monoisotopic (exact) mass is 327 g/mol. The smallest absolute Gasteiger partial charge is 0.234 e. The molecule has 1 aromatic rings. The van der Waals surface area contributed by atoms with E-state index in [4.69, 9.17) is 4.74 Å². The molecule has 2 saturated heterocycles. The van der Waals surface area contributed by atoms with Crippen LogP contribution in [0.15, 0.2) is 36.4 Å². The first-order chi connectivity index (χ1) is 11.4. The molecule has 7 nitrogen and oxygen atoms in total. The van der Waals surface area contributed by atoms with Crippen LogP contribution in [0.25, 0.3) is 0 Å². The van der Waals surface area contributed by atoms with Gasteiger partial charge in [0.05, 0.1) is 18.6 Å². The normalized spacial score (nSPS) is 33.0. The molecule has 7 heteroatoms. The van der Waals surface area contributed by atoms with Crippen molar-refractivity contribution in [3.8, 4) is 0 Å². The van der Waals surface area contributed by atoms with E-state index in [1.807, 2.05) is 0 Å². The second kappa shape index (κ2) is 4.91. The Bertz CT molecular complexity index is 772. The van der Waals surface area contributed by atoms with Gasteiger partial charge in [-0.25, -0.2) is 0 Å². The zero-order valence-electron chi connectivity index (χ0n) is 12.9. The molecule has 2 bridgehead atoms. The average Bonchev–Trinajstić information content (AvgIpc) is 3.16. The summed E-state index contributed by atoms with van der Waals surface area (Å²) in [4.78, 5) is 36.8. The topological polar surface area (TPSA) is 98.8 Å². The number of nitrogens with zero attached hydrogens (tertiary/aromatic N) is 1. The summed E-state index contributed by atoms with van der Waals surface area (Å²) in [7, 11) is 0. The number of amides is 2. The standard InChI is InChI=1S/C17H16N2O5/c1-9(20)18-10-2-4-11(5-3-10)19-8-17-7-6-12(24-17)13(16(22)23)14(17)15(19)21/h2-7,12-14H,8H2,1H3,(H,18,20)(H,22,23)/p-1/t12-,13-,14-,17+/m1/s1. The molecule has 124 valence electrons. The summed E-state index contributed by atoms with van der Waals surface area (Å²) in [5.74, 6) is -3.42. The summed E-state index contributed by atoms with van der Waals surface area (Å²) in [5.41, 5.74) is 0.374. The number of carbonyl (C=O) groups excluding carboxylic acids is 3. The largest absolute Gasteiger partial charge is 0.550 e. The minimum absolute atomic E-state index is 0.180. The number of ether oxygens (including phenoxy) is 1. The molecule has 0 unspecified atom stereocenters. The van der Waals surface area contributed by atoms with Crippen molar-refractivity contribution in [2.75, 3.05) is 16.8 Å². The first-order valence-electron chi connectivity index (χ1n) is 7.68. The van der Waals surface area contributed by atoms with Crippen LogP contribution in [0.4, 0.5) is 11.4 Å². The lowest BCUT2D eigenvalue weighted by Crippen LogP contribution is -2.45. The van der Waals surface area contributed by atoms with Gasteiger partial charge >= 0.3 is 0 Å². The second-order valence-electron chi connectivity index (χ2n) is 6.37. The summed E-state index contributed by atoms with van der Waals surface area (Å²) in [5, 5.41) is 14.1. The summed E-state index contributed by atoms with van der Waals surface area (Å²) in [6.45, 7) is 1.69. The average molecular weight is 327 g/mol. The Balaban J connectivity index is 1.63. The summed E-state index contributed by atoms with van der Waals surface area (Å²) in [6.07, 6.45) is 2.91. The number of rotatable bonds is 3. The predicted molar refractivity (Wildman–Crippen MR) is 81.8 cm³/mol. The number of fused-ring (bicyclic) bond motifs is 1. The van der Waals surface area contributed by atoms with Crippen LogP contribution in [0.2, 0.25) is 0 Å². The SMILES string of the molecule is CC(=O)Nc1ccc(N2C[C@]34C=C[C@@H](O3)[C@@H](C(=O)[O-])[C@@H]4C2=O)cc1. The van der Waals surface area contributed by atoms with E-state index in [0.29, 0.717) is 11.4 Å². The van der Waals surface area contributed by atoms with Crippen LogP contribution in [0.1, 0.15) is 6.92 Å². The molecule has 0 aromatic heterocycles. The fourth-order valence-corrected chi connectivity index (χ4v) is 3.91. The predicted octanol–water partition coefficient (Wildman–Crippen LogP) is -0.319. The van der Waals surface area contributed by atoms with Crippen LogP contribution in [0.3, 0.4) is 0 Å². The van der Waals surface area contributed by atoms with Crippen LogP contribution in [-0.4, -0.2) is 36.0 Å².